The first-order valence-electron chi connectivity index (χ1n) is 15.6. The Bertz CT molecular complexity index is 1910. The molecule has 0 atom stereocenters. The van der Waals surface area contributed by atoms with Crippen LogP contribution in [0.1, 0.15) is 32.6 Å². The normalized spacial score (nSPS) is 10.8. The first kappa shape index (κ1) is 38.1. The Labute approximate surface area is 299 Å². The molecule has 12 heteroatoms. The van der Waals surface area contributed by atoms with E-state index in [0.717, 1.165) is 15.9 Å². The van der Waals surface area contributed by atoms with Crippen LogP contribution in [-0.2, 0) is 28.7 Å². The largest absolute Gasteiger partial charge is 0.497 e. The maximum absolute atomic E-state index is 13.4. The molecule has 0 saturated carbocycles. The number of nitrogens with two attached hydrogens (primary N) is 1. The predicted octanol–water partition coefficient (Wildman–Crippen LogP) is 8.16. The molecule has 51 heavy (non-hydrogen) atoms. The number of aryl methyl sites for hydroxylation is 1. The number of carboxylic acid groups (broad SMARTS) is 1. The van der Waals surface area contributed by atoms with Crippen LogP contribution in [-0.4, -0.2) is 41.4 Å². The van der Waals surface area contributed by atoms with E-state index in [1.54, 1.807) is 24.3 Å². The zero-order valence-electron chi connectivity index (χ0n) is 27.8. The summed E-state index contributed by atoms with van der Waals surface area (Å²) in [7, 11) is 1.25. The van der Waals surface area contributed by atoms with Crippen molar-refractivity contribution in [3.8, 4) is 16.9 Å². The number of hydrogen-bond donors (Lipinski definition) is 4. The second-order valence-electron chi connectivity index (χ2n) is 11.5. The van der Waals surface area contributed by atoms with Crippen molar-refractivity contribution in [2.24, 2.45) is 0 Å². The van der Waals surface area contributed by atoms with E-state index in [4.69, 9.17) is 10.5 Å². The number of thiol groups is 1. The summed E-state index contributed by atoms with van der Waals surface area (Å²) in [5.41, 5.74) is 9.89. The molecule has 0 unspecified atom stereocenters. The molecular formula is C39H36F3N3O5S. The summed E-state index contributed by atoms with van der Waals surface area (Å²) in [6, 6.07) is 32.3. The van der Waals surface area contributed by atoms with Crippen molar-refractivity contribution >= 4 is 41.8 Å². The number of aliphatic carboxylic acids is 1. The van der Waals surface area contributed by atoms with Gasteiger partial charge in [-0.25, -0.2) is 0 Å². The SMILES string of the molecule is COc1ccc(CC(=O)Nc2ccc(C(=O)N(CC(=O)O)Cc3ccc(N)cc3)cc2)c(C(F)(F)F)c1.Cc1ccc(-c2ccc(S)cc2)cc1. The number of carbonyl (C=O) groups excluding carboxylic acids is 2. The number of ether oxygens (including phenoxy) is 1. The summed E-state index contributed by atoms with van der Waals surface area (Å²) in [4.78, 5) is 38.8. The van der Waals surface area contributed by atoms with Gasteiger partial charge in [0.25, 0.3) is 5.91 Å². The van der Waals surface area contributed by atoms with Gasteiger partial charge >= 0.3 is 12.1 Å². The van der Waals surface area contributed by atoms with Crippen LogP contribution in [0.5, 0.6) is 5.75 Å². The first-order valence-corrected chi connectivity index (χ1v) is 16.0. The highest BCUT2D eigenvalue weighted by Gasteiger charge is 2.34. The van der Waals surface area contributed by atoms with E-state index in [1.807, 2.05) is 12.1 Å². The smallest absolute Gasteiger partial charge is 0.416 e. The van der Waals surface area contributed by atoms with E-state index < -0.39 is 42.5 Å². The van der Waals surface area contributed by atoms with Gasteiger partial charge in [0.2, 0.25) is 5.91 Å². The third kappa shape index (κ3) is 11.4. The molecule has 0 radical (unpaired) electrons. The molecule has 0 fully saturated rings. The number of benzene rings is 5. The molecule has 0 saturated heterocycles. The van der Waals surface area contributed by atoms with Crippen molar-refractivity contribution in [2.45, 2.75) is 31.0 Å². The van der Waals surface area contributed by atoms with E-state index >= 15 is 0 Å². The Morgan fingerprint density at radius 3 is 1.98 bits per heavy atom. The second-order valence-corrected chi connectivity index (χ2v) is 12.0. The Hall–Kier alpha value is -5.75. The fourth-order valence-electron chi connectivity index (χ4n) is 4.96. The molecule has 8 nitrogen and oxygen atoms in total. The van der Waals surface area contributed by atoms with E-state index in [-0.39, 0.29) is 29.1 Å². The van der Waals surface area contributed by atoms with Gasteiger partial charge in [0.15, 0.2) is 0 Å². The highest BCUT2D eigenvalue weighted by molar-refractivity contribution is 7.80. The van der Waals surface area contributed by atoms with Gasteiger partial charge in [-0.05, 0) is 89.8 Å². The molecule has 0 bridgehead atoms. The van der Waals surface area contributed by atoms with E-state index in [2.05, 4.69) is 61.3 Å². The lowest BCUT2D eigenvalue weighted by Crippen LogP contribution is -2.35. The van der Waals surface area contributed by atoms with Gasteiger partial charge in [0.1, 0.15) is 12.3 Å². The lowest BCUT2D eigenvalue weighted by molar-refractivity contribution is -0.139. The highest BCUT2D eigenvalue weighted by Crippen LogP contribution is 2.35. The summed E-state index contributed by atoms with van der Waals surface area (Å²) in [6.45, 7) is 1.60. The fraction of sp³-hybridized carbons (Fsp3) is 0.154. The van der Waals surface area contributed by atoms with Crippen LogP contribution in [0, 0.1) is 6.92 Å². The number of nitrogen functional groups attached to an aromatic ring is 1. The quantitative estimate of drug-likeness (QED) is 0.0856. The maximum Gasteiger partial charge on any atom is 0.416 e. The number of halogens is 3. The molecule has 0 spiro atoms. The van der Waals surface area contributed by atoms with Gasteiger partial charge in [-0.2, -0.15) is 13.2 Å². The molecule has 264 valence electrons. The van der Waals surface area contributed by atoms with Gasteiger partial charge in [0, 0.05) is 28.4 Å². The standard InChI is InChI=1S/C26H24F3N3O5.C13H12S/c1-37-21-11-6-18(22(13-21)26(27,28)29)12-23(33)31-20-9-4-17(5-10-20)25(36)32(15-24(34)35)14-16-2-7-19(30)8-3-16;1-10-2-4-11(5-3-10)12-6-8-13(14)9-7-12/h2-11,13H,12,14-15,30H2,1H3,(H,31,33)(H,34,35);2-9,14H,1H3. The van der Waals surface area contributed by atoms with Crippen LogP contribution < -0.4 is 15.8 Å². The molecule has 0 heterocycles. The number of nitrogens with zero attached hydrogens (tertiary/aromatic N) is 1. The summed E-state index contributed by atoms with van der Waals surface area (Å²) in [6.07, 6.45) is -5.20. The number of carboxylic acids is 1. The van der Waals surface area contributed by atoms with Crippen LogP contribution >= 0.6 is 12.6 Å². The lowest BCUT2D eigenvalue weighted by Gasteiger charge is -2.21. The van der Waals surface area contributed by atoms with Crippen molar-refractivity contribution in [3.63, 3.8) is 0 Å². The molecule has 5 aromatic rings. The van der Waals surface area contributed by atoms with Crippen LogP contribution in [0.15, 0.2) is 120 Å². The number of nitrogens with one attached hydrogen (secondary N) is 1. The summed E-state index contributed by atoms with van der Waals surface area (Å²) in [5.74, 6) is -2.41. The molecule has 0 aliphatic rings. The fourth-order valence-corrected chi connectivity index (χ4v) is 5.11. The zero-order chi connectivity index (χ0) is 37.1. The number of hydrogen-bond acceptors (Lipinski definition) is 6. The monoisotopic (exact) mass is 715 g/mol. The minimum absolute atomic E-state index is 0.0186. The summed E-state index contributed by atoms with van der Waals surface area (Å²) in [5, 5.41) is 11.7. The molecule has 0 aromatic heterocycles. The molecular weight excluding hydrogens is 680 g/mol. The van der Waals surface area contributed by atoms with E-state index in [9.17, 15) is 32.7 Å². The van der Waals surface area contributed by atoms with Crippen molar-refractivity contribution in [2.75, 3.05) is 24.7 Å². The Balaban J connectivity index is 0.000000345. The third-order valence-electron chi connectivity index (χ3n) is 7.61. The Morgan fingerprint density at radius 1 is 0.843 bits per heavy atom. The van der Waals surface area contributed by atoms with Crippen LogP contribution in [0.3, 0.4) is 0 Å². The van der Waals surface area contributed by atoms with Crippen LogP contribution in [0.25, 0.3) is 11.1 Å². The van der Waals surface area contributed by atoms with E-state index in [1.165, 1.54) is 60.2 Å². The van der Waals surface area contributed by atoms with E-state index in [0.29, 0.717) is 11.3 Å². The average Bonchev–Trinajstić information content (AvgIpc) is 3.09. The second kappa shape index (κ2) is 17.3. The average molecular weight is 716 g/mol. The molecule has 2 amide bonds. The number of carbonyl (C=O) groups is 3. The first-order chi connectivity index (χ1) is 24.2. The maximum atomic E-state index is 13.4. The van der Waals surface area contributed by atoms with Crippen LogP contribution in [0.2, 0.25) is 0 Å². The predicted molar refractivity (Wildman–Crippen MR) is 194 cm³/mol. The minimum Gasteiger partial charge on any atom is -0.497 e. The molecule has 0 aliphatic heterocycles. The number of anilines is 2. The third-order valence-corrected chi connectivity index (χ3v) is 7.91. The number of rotatable bonds is 10. The molecule has 5 rings (SSSR count). The van der Waals surface area contributed by atoms with Crippen LogP contribution in [0.4, 0.5) is 24.5 Å². The Morgan fingerprint density at radius 2 is 1.43 bits per heavy atom. The van der Waals surface area contributed by atoms with Gasteiger partial charge in [-0.3, -0.25) is 14.4 Å². The summed E-state index contributed by atoms with van der Waals surface area (Å²) >= 11 is 4.26. The Kier molecular flexibility index (Phi) is 12.9. The van der Waals surface area contributed by atoms with Crippen molar-refractivity contribution in [3.05, 3.63) is 143 Å². The van der Waals surface area contributed by atoms with Gasteiger partial charge in [0.05, 0.1) is 19.1 Å². The number of alkyl halides is 3. The van der Waals surface area contributed by atoms with Gasteiger partial charge in [-0.15, -0.1) is 12.6 Å². The molecule has 5 aromatic carbocycles. The minimum atomic E-state index is -4.67. The number of amides is 2. The van der Waals surface area contributed by atoms with Crippen molar-refractivity contribution in [1.82, 2.24) is 4.90 Å². The molecule has 4 N–H and O–H groups in total. The zero-order valence-corrected chi connectivity index (χ0v) is 28.7. The highest BCUT2D eigenvalue weighted by atomic mass is 32.1. The lowest BCUT2D eigenvalue weighted by atomic mass is 10.0. The van der Waals surface area contributed by atoms with Gasteiger partial charge < -0.3 is 25.8 Å². The molecule has 0 aliphatic carbocycles. The van der Waals surface area contributed by atoms with Gasteiger partial charge in [-0.1, -0.05) is 60.2 Å². The number of methoxy groups -OCH3 is 1. The topological polar surface area (TPSA) is 122 Å². The summed E-state index contributed by atoms with van der Waals surface area (Å²) < 4.78 is 45.0. The van der Waals surface area contributed by atoms with Crippen molar-refractivity contribution < 1.29 is 37.4 Å². The van der Waals surface area contributed by atoms with Crippen molar-refractivity contribution in [1.29, 1.82) is 0 Å².